The number of hydrogen-bond acceptors (Lipinski definition) is 7. The van der Waals surface area contributed by atoms with E-state index >= 15 is 4.39 Å². The van der Waals surface area contributed by atoms with Gasteiger partial charge in [0.2, 0.25) is 5.95 Å². The first-order valence-electron chi connectivity index (χ1n) is 13.2. The number of carbonyl (C=O) groups excluding carboxylic acids is 1. The first-order chi connectivity index (χ1) is 19.0. The molecule has 0 aliphatic carbocycles. The molecule has 2 aliphatic rings. The van der Waals surface area contributed by atoms with Crippen LogP contribution in [0.1, 0.15) is 45.1 Å². The predicted molar refractivity (Wildman–Crippen MR) is 146 cm³/mol. The lowest BCUT2D eigenvalue weighted by molar-refractivity contribution is 0.0204. The van der Waals surface area contributed by atoms with Crippen LogP contribution >= 0.6 is 0 Å². The summed E-state index contributed by atoms with van der Waals surface area (Å²) in [5.74, 6) is -1.61. The van der Waals surface area contributed by atoms with Crippen LogP contribution in [0.3, 0.4) is 0 Å². The Hall–Kier alpha value is -4.02. The van der Waals surface area contributed by atoms with Gasteiger partial charge in [-0.3, -0.25) is 0 Å². The summed E-state index contributed by atoms with van der Waals surface area (Å²) < 4.78 is 55.5. The Kier molecular flexibility index (Phi) is 7.48. The molecule has 1 aromatic heterocycles. The van der Waals surface area contributed by atoms with Gasteiger partial charge in [-0.2, -0.15) is 0 Å². The van der Waals surface area contributed by atoms with Crippen LogP contribution in [0, 0.1) is 17.5 Å². The van der Waals surface area contributed by atoms with E-state index in [0.29, 0.717) is 56.0 Å². The van der Waals surface area contributed by atoms with Crippen molar-refractivity contribution in [2.75, 3.05) is 43.5 Å². The Morgan fingerprint density at radius 1 is 1.05 bits per heavy atom. The van der Waals surface area contributed by atoms with E-state index in [1.807, 2.05) is 25.7 Å². The summed E-state index contributed by atoms with van der Waals surface area (Å²) in [5.41, 5.74) is 1.02. The van der Waals surface area contributed by atoms with Crippen molar-refractivity contribution in [3.63, 3.8) is 0 Å². The molecule has 1 N–H and O–H groups in total. The molecule has 1 fully saturated rings. The topological polar surface area (TPSA) is 79.8 Å². The van der Waals surface area contributed by atoms with Gasteiger partial charge in [-0.05, 0) is 69.4 Å². The van der Waals surface area contributed by atoms with Crippen LogP contribution < -0.4 is 15.0 Å². The highest BCUT2D eigenvalue weighted by Crippen LogP contribution is 2.38. The number of carbonyl (C=O) groups is 1. The molecule has 1 saturated heterocycles. The van der Waals surface area contributed by atoms with Gasteiger partial charge < -0.3 is 24.6 Å². The lowest BCUT2D eigenvalue weighted by Gasteiger charge is -2.33. The van der Waals surface area contributed by atoms with Crippen molar-refractivity contribution in [3.8, 4) is 17.0 Å². The van der Waals surface area contributed by atoms with E-state index in [1.165, 1.54) is 12.1 Å². The van der Waals surface area contributed by atoms with Crippen molar-refractivity contribution in [2.45, 2.75) is 45.1 Å². The van der Waals surface area contributed by atoms with Gasteiger partial charge in [0.1, 0.15) is 23.7 Å². The standard InChI is InChI=1S/C29H32F3N5O3/c1-29(2,3)40-28(38)37-9-7-17(8-10-37)20-6-5-19(15-21(20)30)34-27-33-16-23(32)25(35-27)18-13-22(31)26-24(14-18)36(4)11-12-39-26/h5-6,13-17H,7-12H2,1-4H3,(H,33,34,35). The first kappa shape index (κ1) is 27.5. The number of likely N-dealkylation sites (tertiary alicyclic amines) is 1. The third kappa shape index (κ3) is 5.93. The van der Waals surface area contributed by atoms with Crippen molar-refractivity contribution < 1.29 is 27.4 Å². The number of anilines is 3. The molecule has 0 spiro atoms. The van der Waals surface area contributed by atoms with Gasteiger partial charge in [-0.15, -0.1) is 0 Å². The van der Waals surface area contributed by atoms with Crippen LogP contribution in [0.2, 0.25) is 0 Å². The highest BCUT2D eigenvalue weighted by molar-refractivity contribution is 5.73. The van der Waals surface area contributed by atoms with Crippen LogP contribution in [0.25, 0.3) is 11.3 Å². The molecule has 0 bridgehead atoms. The Bertz CT molecular complexity index is 1420. The zero-order valence-electron chi connectivity index (χ0n) is 22.9. The summed E-state index contributed by atoms with van der Waals surface area (Å²) in [5, 5.41) is 2.91. The van der Waals surface area contributed by atoms with Crippen LogP contribution in [-0.4, -0.2) is 59.9 Å². The highest BCUT2D eigenvalue weighted by Gasteiger charge is 2.29. The van der Waals surface area contributed by atoms with Gasteiger partial charge in [0.15, 0.2) is 17.4 Å². The number of hydrogen-bond donors (Lipinski definition) is 1. The van der Waals surface area contributed by atoms with Crippen LogP contribution in [0.4, 0.5) is 35.3 Å². The van der Waals surface area contributed by atoms with E-state index in [-0.39, 0.29) is 35.0 Å². The van der Waals surface area contributed by atoms with Crippen LogP contribution in [0.15, 0.2) is 36.5 Å². The summed E-state index contributed by atoms with van der Waals surface area (Å²) in [6.45, 7) is 7.36. The molecule has 8 nitrogen and oxygen atoms in total. The molecule has 0 atom stereocenters. The van der Waals surface area contributed by atoms with Gasteiger partial charge in [0.05, 0.1) is 18.4 Å². The Morgan fingerprint density at radius 2 is 1.80 bits per heavy atom. The highest BCUT2D eigenvalue weighted by atomic mass is 19.1. The smallest absolute Gasteiger partial charge is 0.410 e. The van der Waals surface area contributed by atoms with Gasteiger partial charge in [0.25, 0.3) is 0 Å². The summed E-state index contributed by atoms with van der Waals surface area (Å²) in [4.78, 5) is 24.0. The van der Waals surface area contributed by atoms with Gasteiger partial charge >= 0.3 is 6.09 Å². The third-order valence-corrected chi connectivity index (χ3v) is 6.97. The summed E-state index contributed by atoms with van der Waals surface area (Å²) in [7, 11) is 1.80. The van der Waals surface area contributed by atoms with E-state index in [9.17, 15) is 13.6 Å². The molecule has 0 radical (unpaired) electrons. The average Bonchev–Trinajstić information content (AvgIpc) is 2.89. The number of rotatable bonds is 4. The summed E-state index contributed by atoms with van der Waals surface area (Å²) in [6.07, 6.45) is 1.87. The lowest BCUT2D eigenvalue weighted by Crippen LogP contribution is -2.41. The number of nitrogens with zero attached hydrogens (tertiary/aromatic N) is 4. The fraction of sp³-hybridized carbons (Fsp3) is 0.414. The van der Waals surface area contributed by atoms with Crippen LogP contribution in [-0.2, 0) is 4.74 Å². The number of likely N-dealkylation sites (N-methyl/N-ethyl adjacent to an activating group) is 1. The van der Waals surface area contributed by atoms with Crippen LogP contribution in [0.5, 0.6) is 5.75 Å². The minimum Gasteiger partial charge on any atom is -0.486 e. The third-order valence-electron chi connectivity index (χ3n) is 6.97. The molecule has 2 aliphatic heterocycles. The number of nitrogens with one attached hydrogen (secondary N) is 1. The van der Waals surface area contributed by atoms with Crippen molar-refractivity contribution in [3.05, 3.63) is 59.5 Å². The van der Waals surface area contributed by atoms with Gasteiger partial charge in [-0.25, -0.2) is 27.9 Å². The predicted octanol–water partition coefficient (Wildman–Crippen LogP) is 6.25. The minimum atomic E-state index is -0.719. The molecule has 3 heterocycles. The fourth-order valence-corrected chi connectivity index (χ4v) is 4.94. The Morgan fingerprint density at radius 3 is 2.50 bits per heavy atom. The number of piperidine rings is 1. The normalized spacial score (nSPS) is 15.9. The van der Waals surface area contributed by atoms with Crippen molar-refractivity contribution in [1.82, 2.24) is 14.9 Å². The number of aromatic nitrogens is 2. The molecule has 2 aromatic carbocycles. The van der Waals surface area contributed by atoms with Crippen molar-refractivity contribution in [2.24, 2.45) is 0 Å². The van der Waals surface area contributed by atoms with Crippen molar-refractivity contribution >= 4 is 23.4 Å². The maximum Gasteiger partial charge on any atom is 0.410 e. The van der Waals surface area contributed by atoms with E-state index in [2.05, 4.69) is 15.3 Å². The molecule has 3 aromatic rings. The SMILES string of the molecule is CN1CCOc2c(F)cc(-c3nc(Nc4ccc(C5CCN(C(=O)OC(C)(C)C)CC5)c(F)c4)ncc3F)cc21. The van der Waals surface area contributed by atoms with E-state index < -0.39 is 23.1 Å². The molecule has 212 valence electrons. The van der Waals surface area contributed by atoms with Gasteiger partial charge in [0, 0.05) is 31.4 Å². The van der Waals surface area contributed by atoms with Crippen molar-refractivity contribution in [1.29, 1.82) is 0 Å². The van der Waals surface area contributed by atoms with E-state index in [0.717, 1.165) is 6.20 Å². The second kappa shape index (κ2) is 10.9. The molecule has 0 saturated carbocycles. The molecule has 11 heteroatoms. The number of amides is 1. The molecule has 40 heavy (non-hydrogen) atoms. The van der Waals surface area contributed by atoms with Gasteiger partial charge in [-0.1, -0.05) is 6.07 Å². The molecular weight excluding hydrogens is 523 g/mol. The largest absolute Gasteiger partial charge is 0.486 e. The summed E-state index contributed by atoms with van der Waals surface area (Å²) in [6, 6.07) is 7.54. The van der Waals surface area contributed by atoms with E-state index in [4.69, 9.17) is 9.47 Å². The second-order valence-electron chi connectivity index (χ2n) is 11.1. The molecule has 5 rings (SSSR count). The average molecular weight is 556 g/mol. The Balaban J connectivity index is 1.29. The number of fused-ring (bicyclic) bond motifs is 1. The molecular formula is C29H32F3N5O3. The first-order valence-corrected chi connectivity index (χ1v) is 13.2. The number of ether oxygens (including phenoxy) is 2. The lowest BCUT2D eigenvalue weighted by atomic mass is 9.89. The number of benzene rings is 2. The number of halogens is 3. The maximum atomic E-state index is 15.2. The zero-order valence-corrected chi connectivity index (χ0v) is 22.9. The monoisotopic (exact) mass is 555 g/mol. The Labute approximate surface area is 231 Å². The fourth-order valence-electron chi connectivity index (χ4n) is 4.94. The maximum absolute atomic E-state index is 15.2. The molecule has 1 amide bonds. The second-order valence-corrected chi connectivity index (χ2v) is 11.1. The molecule has 0 unspecified atom stereocenters. The summed E-state index contributed by atoms with van der Waals surface area (Å²) >= 11 is 0. The van der Waals surface area contributed by atoms with E-state index in [1.54, 1.807) is 30.1 Å². The quantitative estimate of drug-likeness (QED) is 0.408. The zero-order chi connectivity index (χ0) is 28.6. The minimum absolute atomic E-state index is 0.0388.